The number of hydrogen-bond acceptors (Lipinski definition) is 3. The maximum Gasteiger partial charge on any atom is 0.165 e. The summed E-state index contributed by atoms with van der Waals surface area (Å²) in [7, 11) is 0. The molecule has 0 saturated heterocycles. The number of nitrogens with two attached hydrogens (primary N) is 1. The first-order chi connectivity index (χ1) is 9.10. The normalized spacial score (nSPS) is 11.0. The number of nitrogens with zero attached hydrogens (tertiary/aromatic N) is 2. The van der Waals surface area contributed by atoms with E-state index in [1.807, 2.05) is 24.7 Å². The summed E-state index contributed by atoms with van der Waals surface area (Å²) in [6.07, 6.45) is 4.04. The van der Waals surface area contributed by atoms with Crippen molar-refractivity contribution in [2.24, 2.45) is 5.73 Å². The van der Waals surface area contributed by atoms with Crippen LogP contribution in [-0.2, 0) is 6.42 Å². The lowest BCUT2D eigenvalue weighted by atomic mass is 10.1. The van der Waals surface area contributed by atoms with E-state index in [0.717, 1.165) is 5.56 Å². The third-order valence-corrected chi connectivity index (χ3v) is 2.77. The van der Waals surface area contributed by atoms with E-state index in [4.69, 9.17) is 10.5 Å². The molecule has 1 heterocycles. The van der Waals surface area contributed by atoms with Crippen LogP contribution in [0.25, 0.3) is 0 Å². The highest BCUT2D eigenvalue weighted by atomic mass is 19.1. The Hall–Kier alpha value is -1.88. The fourth-order valence-electron chi connectivity index (χ4n) is 1.78. The molecule has 1 aromatic carbocycles. The molecule has 0 fully saturated rings. The summed E-state index contributed by atoms with van der Waals surface area (Å²) in [4.78, 5) is 0. The summed E-state index contributed by atoms with van der Waals surface area (Å²) < 4.78 is 20.8. The van der Waals surface area contributed by atoms with Gasteiger partial charge in [-0.3, -0.25) is 4.68 Å². The van der Waals surface area contributed by atoms with E-state index < -0.39 is 0 Å². The van der Waals surface area contributed by atoms with Crippen molar-refractivity contribution in [3.05, 3.63) is 42.0 Å². The Kier molecular flexibility index (Phi) is 4.16. The molecular weight excluding hydrogens is 245 g/mol. The number of hydrogen-bond donors (Lipinski definition) is 1. The van der Waals surface area contributed by atoms with Gasteiger partial charge in [0.1, 0.15) is 11.6 Å². The standard InChI is InChI=1S/C14H18FN3O/c1-10(2)18-9-13(8-17-18)19-14-4-3-12(15)7-11(14)5-6-16/h3-4,7-10H,5-6,16H2,1-2H3. The topological polar surface area (TPSA) is 53.1 Å². The highest BCUT2D eigenvalue weighted by Crippen LogP contribution is 2.26. The van der Waals surface area contributed by atoms with E-state index in [1.54, 1.807) is 12.3 Å². The monoisotopic (exact) mass is 263 g/mol. The van der Waals surface area contributed by atoms with Gasteiger partial charge in [-0.05, 0) is 50.6 Å². The second kappa shape index (κ2) is 5.84. The lowest BCUT2D eigenvalue weighted by Crippen LogP contribution is -2.04. The van der Waals surface area contributed by atoms with Crippen LogP contribution in [0.1, 0.15) is 25.5 Å². The SMILES string of the molecule is CC(C)n1cc(Oc2ccc(F)cc2CCN)cn1. The van der Waals surface area contributed by atoms with E-state index in [-0.39, 0.29) is 11.9 Å². The molecule has 2 aromatic rings. The van der Waals surface area contributed by atoms with Crippen LogP contribution in [0.15, 0.2) is 30.6 Å². The summed E-state index contributed by atoms with van der Waals surface area (Å²) >= 11 is 0. The van der Waals surface area contributed by atoms with Crippen LogP contribution in [0.3, 0.4) is 0 Å². The van der Waals surface area contributed by atoms with Crippen molar-refractivity contribution >= 4 is 0 Å². The van der Waals surface area contributed by atoms with Crippen LogP contribution >= 0.6 is 0 Å². The molecule has 0 atom stereocenters. The van der Waals surface area contributed by atoms with Crippen LogP contribution in [0.4, 0.5) is 4.39 Å². The molecule has 0 aliphatic rings. The minimum absolute atomic E-state index is 0.272. The summed E-state index contributed by atoms with van der Waals surface area (Å²) in [6, 6.07) is 4.72. The number of rotatable bonds is 5. The molecule has 0 saturated carbocycles. The number of halogens is 1. The van der Waals surface area contributed by atoms with Crippen LogP contribution in [0.5, 0.6) is 11.5 Å². The largest absolute Gasteiger partial charge is 0.454 e. The first kappa shape index (κ1) is 13.5. The minimum Gasteiger partial charge on any atom is -0.454 e. The molecule has 19 heavy (non-hydrogen) atoms. The lowest BCUT2D eigenvalue weighted by molar-refractivity contribution is 0.469. The average Bonchev–Trinajstić information content (AvgIpc) is 2.82. The third kappa shape index (κ3) is 3.32. The molecule has 0 aliphatic heterocycles. The quantitative estimate of drug-likeness (QED) is 0.902. The fraction of sp³-hybridized carbons (Fsp3) is 0.357. The Bertz CT molecular complexity index is 551. The molecule has 1 aromatic heterocycles. The van der Waals surface area contributed by atoms with Crippen LogP contribution in [-0.4, -0.2) is 16.3 Å². The zero-order chi connectivity index (χ0) is 13.8. The van der Waals surface area contributed by atoms with Gasteiger partial charge in [0.15, 0.2) is 5.75 Å². The van der Waals surface area contributed by atoms with Crippen molar-refractivity contribution in [3.8, 4) is 11.5 Å². The predicted octanol–water partition coefficient (Wildman–Crippen LogP) is 2.90. The van der Waals surface area contributed by atoms with Crippen molar-refractivity contribution < 1.29 is 9.13 Å². The number of benzene rings is 1. The Balaban J connectivity index is 2.21. The van der Waals surface area contributed by atoms with Gasteiger partial charge in [-0.15, -0.1) is 0 Å². The summed E-state index contributed by atoms with van der Waals surface area (Å²) in [5, 5.41) is 4.20. The molecule has 5 heteroatoms. The fourth-order valence-corrected chi connectivity index (χ4v) is 1.78. The predicted molar refractivity (Wildman–Crippen MR) is 71.8 cm³/mol. The van der Waals surface area contributed by atoms with Gasteiger partial charge in [0.2, 0.25) is 0 Å². The maximum absolute atomic E-state index is 13.2. The minimum atomic E-state index is -0.284. The van der Waals surface area contributed by atoms with Crippen molar-refractivity contribution in [2.75, 3.05) is 6.54 Å². The van der Waals surface area contributed by atoms with Gasteiger partial charge in [0.05, 0.1) is 12.4 Å². The van der Waals surface area contributed by atoms with Crippen LogP contribution in [0, 0.1) is 5.82 Å². The molecule has 0 radical (unpaired) electrons. The lowest BCUT2D eigenvalue weighted by Gasteiger charge is -2.09. The van der Waals surface area contributed by atoms with Crippen molar-refractivity contribution in [3.63, 3.8) is 0 Å². The zero-order valence-corrected chi connectivity index (χ0v) is 11.1. The number of aromatic nitrogens is 2. The molecule has 0 aliphatic carbocycles. The Morgan fingerprint density at radius 2 is 2.21 bits per heavy atom. The van der Waals surface area contributed by atoms with Gasteiger partial charge in [0.25, 0.3) is 0 Å². The summed E-state index contributed by atoms with van der Waals surface area (Å²) in [5.74, 6) is 0.974. The molecule has 0 unspecified atom stereocenters. The Morgan fingerprint density at radius 1 is 1.42 bits per heavy atom. The maximum atomic E-state index is 13.2. The van der Waals surface area contributed by atoms with Crippen molar-refractivity contribution in [2.45, 2.75) is 26.3 Å². The zero-order valence-electron chi connectivity index (χ0n) is 11.1. The molecule has 4 nitrogen and oxygen atoms in total. The molecule has 0 spiro atoms. The van der Waals surface area contributed by atoms with Crippen LogP contribution < -0.4 is 10.5 Å². The first-order valence-electron chi connectivity index (χ1n) is 6.30. The van der Waals surface area contributed by atoms with Gasteiger partial charge < -0.3 is 10.5 Å². The van der Waals surface area contributed by atoms with E-state index in [1.165, 1.54) is 12.1 Å². The second-order valence-electron chi connectivity index (χ2n) is 4.64. The average molecular weight is 263 g/mol. The second-order valence-corrected chi connectivity index (χ2v) is 4.64. The first-order valence-corrected chi connectivity index (χ1v) is 6.30. The van der Waals surface area contributed by atoms with E-state index in [9.17, 15) is 4.39 Å². The van der Waals surface area contributed by atoms with E-state index in [0.29, 0.717) is 24.5 Å². The van der Waals surface area contributed by atoms with Gasteiger partial charge in [-0.2, -0.15) is 5.10 Å². The van der Waals surface area contributed by atoms with Crippen molar-refractivity contribution in [1.29, 1.82) is 0 Å². The van der Waals surface area contributed by atoms with E-state index >= 15 is 0 Å². The highest BCUT2D eigenvalue weighted by molar-refractivity contribution is 5.37. The van der Waals surface area contributed by atoms with Crippen LogP contribution in [0.2, 0.25) is 0 Å². The third-order valence-electron chi connectivity index (χ3n) is 2.77. The molecular formula is C14H18FN3O. The van der Waals surface area contributed by atoms with Crippen molar-refractivity contribution in [1.82, 2.24) is 9.78 Å². The molecule has 0 bridgehead atoms. The molecule has 102 valence electrons. The highest BCUT2D eigenvalue weighted by Gasteiger charge is 2.08. The molecule has 2 N–H and O–H groups in total. The van der Waals surface area contributed by atoms with Gasteiger partial charge >= 0.3 is 0 Å². The number of ether oxygens (including phenoxy) is 1. The summed E-state index contributed by atoms with van der Waals surface area (Å²) in [5.41, 5.74) is 6.29. The van der Waals surface area contributed by atoms with E-state index in [2.05, 4.69) is 5.10 Å². The molecule has 2 rings (SSSR count). The summed E-state index contributed by atoms with van der Waals surface area (Å²) in [6.45, 7) is 4.52. The smallest absolute Gasteiger partial charge is 0.165 e. The van der Waals surface area contributed by atoms with Gasteiger partial charge in [-0.25, -0.2) is 4.39 Å². The van der Waals surface area contributed by atoms with Gasteiger partial charge in [-0.1, -0.05) is 0 Å². The van der Waals surface area contributed by atoms with Gasteiger partial charge in [0, 0.05) is 6.04 Å². The molecule has 0 amide bonds. The Labute approximate surface area is 112 Å². The Morgan fingerprint density at radius 3 is 2.84 bits per heavy atom.